The molecule has 1 aromatic carbocycles. The Morgan fingerprint density at radius 3 is 2.65 bits per heavy atom. The lowest BCUT2D eigenvalue weighted by atomic mass is 9.94. The SMILES string of the molecule is Cc1nccnc1C(C)(Nc1cccc(Cl)c1)C(N)=O. The van der Waals surface area contributed by atoms with E-state index in [0.29, 0.717) is 22.1 Å². The molecule has 1 atom stereocenters. The number of hydrogen-bond acceptors (Lipinski definition) is 4. The van der Waals surface area contributed by atoms with Crippen molar-refractivity contribution in [1.29, 1.82) is 0 Å². The van der Waals surface area contributed by atoms with Gasteiger partial charge in [-0.05, 0) is 32.0 Å². The Labute approximate surface area is 122 Å². The third-order valence-electron chi connectivity index (χ3n) is 3.07. The Morgan fingerprint density at radius 2 is 2.05 bits per heavy atom. The Balaban J connectivity index is 2.46. The van der Waals surface area contributed by atoms with E-state index >= 15 is 0 Å². The van der Waals surface area contributed by atoms with Crippen molar-refractivity contribution >= 4 is 23.2 Å². The molecule has 6 heteroatoms. The van der Waals surface area contributed by atoms with Gasteiger partial charge in [0.2, 0.25) is 5.91 Å². The largest absolute Gasteiger partial charge is 0.367 e. The summed E-state index contributed by atoms with van der Waals surface area (Å²) in [7, 11) is 0. The van der Waals surface area contributed by atoms with Crippen LogP contribution in [0.1, 0.15) is 18.3 Å². The number of nitrogens with one attached hydrogen (secondary N) is 1. The molecule has 0 saturated carbocycles. The van der Waals surface area contributed by atoms with Crippen LogP contribution in [0, 0.1) is 6.92 Å². The minimum absolute atomic E-state index is 0.493. The van der Waals surface area contributed by atoms with E-state index < -0.39 is 11.4 Å². The highest BCUT2D eigenvalue weighted by atomic mass is 35.5. The van der Waals surface area contributed by atoms with Gasteiger partial charge in [0.15, 0.2) is 5.54 Å². The molecule has 5 nitrogen and oxygen atoms in total. The van der Waals surface area contributed by atoms with E-state index in [0.717, 1.165) is 0 Å². The van der Waals surface area contributed by atoms with Crippen molar-refractivity contribution in [1.82, 2.24) is 9.97 Å². The van der Waals surface area contributed by atoms with Crippen LogP contribution < -0.4 is 11.1 Å². The second-order valence-corrected chi connectivity index (χ2v) is 5.05. The number of nitrogens with zero attached hydrogens (tertiary/aromatic N) is 2. The van der Waals surface area contributed by atoms with E-state index in [1.54, 1.807) is 44.3 Å². The first-order chi connectivity index (χ1) is 9.43. The molecule has 0 fully saturated rings. The molecule has 1 aromatic heterocycles. The number of rotatable bonds is 4. The number of anilines is 1. The number of hydrogen-bond donors (Lipinski definition) is 2. The van der Waals surface area contributed by atoms with E-state index in [1.807, 2.05) is 0 Å². The van der Waals surface area contributed by atoms with E-state index in [9.17, 15) is 4.79 Å². The zero-order valence-electron chi connectivity index (χ0n) is 11.2. The van der Waals surface area contributed by atoms with E-state index in [2.05, 4.69) is 15.3 Å². The van der Waals surface area contributed by atoms with Crippen LogP contribution >= 0.6 is 11.6 Å². The second kappa shape index (κ2) is 5.46. The van der Waals surface area contributed by atoms with E-state index in [1.165, 1.54) is 6.20 Å². The molecule has 1 heterocycles. The molecule has 0 aliphatic heterocycles. The number of amides is 1. The Kier molecular flexibility index (Phi) is 3.90. The van der Waals surface area contributed by atoms with E-state index in [-0.39, 0.29) is 0 Å². The van der Waals surface area contributed by atoms with Gasteiger partial charge in [0, 0.05) is 23.1 Å². The number of aryl methyl sites for hydroxylation is 1. The predicted octanol–water partition coefficient (Wildman–Crippen LogP) is 2.25. The summed E-state index contributed by atoms with van der Waals surface area (Å²) in [4.78, 5) is 20.3. The number of carbonyl (C=O) groups excluding carboxylic acids is 1. The minimum Gasteiger partial charge on any atom is -0.367 e. The molecule has 20 heavy (non-hydrogen) atoms. The number of halogens is 1. The number of carbonyl (C=O) groups is 1. The van der Waals surface area contributed by atoms with Crippen molar-refractivity contribution < 1.29 is 4.79 Å². The maximum atomic E-state index is 11.9. The van der Waals surface area contributed by atoms with Gasteiger partial charge in [0.1, 0.15) is 0 Å². The smallest absolute Gasteiger partial charge is 0.249 e. The summed E-state index contributed by atoms with van der Waals surface area (Å²) >= 11 is 5.95. The summed E-state index contributed by atoms with van der Waals surface area (Å²) in [6.07, 6.45) is 3.10. The van der Waals surface area contributed by atoms with E-state index in [4.69, 9.17) is 17.3 Å². The molecular formula is C14H15ClN4O. The standard InChI is InChI=1S/C14H15ClN4O/c1-9-12(18-7-6-17-9)14(2,13(16)20)19-11-5-3-4-10(15)8-11/h3-8,19H,1-2H3,(H2,16,20). The van der Waals surface area contributed by atoms with Gasteiger partial charge >= 0.3 is 0 Å². The molecule has 2 aromatic rings. The van der Waals surface area contributed by atoms with Crippen LogP contribution in [0.2, 0.25) is 5.02 Å². The number of aromatic nitrogens is 2. The van der Waals surface area contributed by atoms with Crippen molar-refractivity contribution in [3.63, 3.8) is 0 Å². The average molecular weight is 291 g/mol. The van der Waals surface area contributed by atoms with Crippen molar-refractivity contribution in [2.75, 3.05) is 5.32 Å². The lowest BCUT2D eigenvalue weighted by Crippen LogP contribution is -2.46. The van der Waals surface area contributed by atoms with Crippen molar-refractivity contribution in [3.8, 4) is 0 Å². The first-order valence-electron chi connectivity index (χ1n) is 6.05. The second-order valence-electron chi connectivity index (χ2n) is 4.61. The molecule has 104 valence electrons. The summed E-state index contributed by atoms with van der Waals surface area (Å²) in [5.41, 5.74) is 6.21. The Morgan fingerprint density at radius 1 is 1.35 bits per heavy atom. The minimum atomic E-state index is -1.16. The van der Waals surface area contributed by atoms with Gasteiger partial charge in [-0.2, -0.15) is 0 Å². The van der Waals surface area contributed by atoms with Gasteiger partial charge in [-0.25, -0.2) is 0 Å². The molecule has 0 spiro atoms. The fourth-order valence-corrected chi connectivity index (χ4v) is 2.18. The number of nitrogens with two attached hydrogens (primary N) is 1. The highest BCUT2D eigenvalue weighted by molar-refractivity contribution is 6.30. The fourth-order valence-electron chi connectivity index (χ4n) is 1.99. The van der Waals surface area contributed by atoms with Gasteiger partial charge in [-0.15, -0.1) is 0 Å². The maximum absolute atomic E-state index is 11.9. The third kappa shape index (κ3) is 2.72. The van der Waals surface area contributed by atoms with Crippen LogP contribution in [0.5, 0.6) is 0 Å². The molecule has 1 unspecified atom stereocenters. The summed E-state index contributed by atoms with van der Waals surface area (Å²) in [5, 5.41) is 3.66. The lowest BCUT2D eigenvalue weighted by Gasteiger charge is -2.28. The zero-order chi connectivity index (χ0) is 14.8. The first kappa shape index (κ1) is 14.3. The molecule has 1 amide bonds. The first-order valence-corrected chi connectivity index (χ1v) is 6.43. The van der Waals surface area contributed by atoms with Crippen molar-refractivity contribution in [2.45, 2.75) is 19.4 Å². The van der Waals surface area contributed by atoms with Crippen molar-refractivity contribution in [2.24, 2.45) is 5.73 Å². The molecule has 0 bridgehead atoms. The monoisotopic (exact) mass is 290 g/mol. The normalized spacial score (nSPS) is 13.6. The molecule has 2 rings (SSSR count). The quantitative estimate of drug-likeness (QED) is 0.905. The molecule has 0 saturated heterocycles. The van der Waals surface area contributed by atoms with Gasteiger partial charge in [-0.1, -0.05) is 17.7 Å². The van der Waals surface area contributed by atoms with Gasteiger partial charge in [0.25, 0.3) is 0 Å². The zero-order valence-corrected chi connectivity index (χ0v) is 12.0. The van der Waals surface area contributed by atoms with Crippen LogP contribution in [0.4, 0.5) is 5.69 Å². The molecule has 3 N–H and O–H groups in total. The Bertz CT molecular complexity index is 647. The van der Waals surface area contributed by atoms with Crippen LogP contribution in [0.15, 0.2) is 36.7 Å². The molecule has 0 aliphatic carbocycles. The third-order valence-corrected chi connectivity index (χ3v) is 3.30. The van der Waals surface area contributed by atoms with Gasteiger partial charge in [-0.3, -0.25) is 14.8 Å². The average Bonchev–Trinajstić information content (AvgIpc) is 2.38. The van der Waals surface area contributed by atoms with Crippen molar-refractivity contribution in [3.05, 3.63) is 53.1 Å². The maximum Gasteiger partial charge on any atom is 0.249 e. The molecular weight excluding hydrogens is 276 g/mol. The predicted molar refractivity (Wildman–Crippen MR) is 78.4 cm³/mol. The summed E-state index contributed by atoms with van der Waals surface area (Å²) < 4.78 is 0. The number of primary amides is 1. The summed E-state index contributed by atoms with van der Waals surface area (Å²) in [5.74, 6) is -0.541. The highest BCUT2D eigenvalue weighted by Crippen LogP contribution is 2.27. The fraction of sp³-hybridized carbons (Fsp3) is 0.214. The highest BCUT2D eigenvalue weighted by Gasteiger charge is 2.36. The number of benzene rings is 1. The Hall–Kier alpha value is -2.14. The van der Waals surface area contributed by atoms with Crippen LogP contribution in [-0.2, 0) is 10.3 Å². The van der Waals surface area contributed by atoms with Gasteiger partial charge < -0.3 is 11.1 Å². The topological polar surface area (TPSA) is 80.9 Å². The summed E-state index contributed by atoms with van der Waals surface area (Å²) in [6, 6.07) is 7.06. The molecule has 0 aliphatic rings. The van der Waals surface area contributed by atoms with Crippen LogP contribution in [0.25, 0.3) is 0 Å². The van der Waals surface area contributed by atoms with Crippen LogP contribution in [-0.4, -0.2) is 15.9 Å². The molecule has 0 radical (unpaired) electrons. The summed E-state index contributed by atoms with van der Waals surface area (Å²) in [6.45, 7) is 3.45. The van der Waals surface area contributed by atoms with Gasteiger partial charge in [0.05, 0.1) is 11.4 Å². The lowest BCUT2D eigenvalue weighted by molar-refractivity contribution is -0.122. The van der Waals surface area contributed by atoms with Crippen LogP contribution in [0.3, 0.4) is 0 Å².